The largest absolute Gasteiger partial charge is 0.379 e. The first-order valence-corrected chi connectivity index (χ1v) is 7.66. The van der Waals surface area contributed by atoms with E-state index < -0.39 is 0 Å². The molecule has 22 heavy (non-hydrogen) atoms. The number of nitrogens with zero attached hydrogens (tertiary/aromatic N) is 3. The summed E-state index contributed by atoms with van der Waals surface area (Å²) >= 11 is 6.01. The Balaban J connectivity index is 0.00000441. The first kappa shape index (κ1) is 21.5. The number of hydrogen-bond acceptors (Lipinski definition) is 2. The van der Waals surface area contributed by atoms with Gasteiger partial charge in [0.05, 0.1) is 17.7 Å². The molecule has 0 aromatic carbocycles. The summed E-state index contributed by atoms with van der Waals surface area (Å²) in [5.41, 5.74) is 1.15. The summed E-state index contributed by atoms with van der Waals surface area (Å²) in [5, 5.41) is 4.10. The number of ether oxygens (including phenoxy) is 1. The minimum absolute atomic E-state index is 0. The molecule has 0 unspecified atom stereocenters. The van der Waals surface area contributed by atoms with Crippen LogP contribution in [0.4, 0.5) is 0 Å². The van der Waals surface area contributed by atoms with Crippen molar-refractivity contribution in [2.75, 3.05) is 27.2 Å². The van der Waals surface area contributed by atoms with Crippen LogP contribution >= 0.6 is 35.6 Å². The van der Waals surface area contributed by atoms with Gasteiger partial charge in [-0.15, -0.1) is 24.0 Å². The van der Waals surface area contributed by atoms with E-state index in [-0.39, 0.29) is 30.1 Å². The van der Waals surface area contributed by atoms with Crippen LogP contribution in [0.2, 0.25) is 5.02 Å². The number of hydrogen-bond donors (Lipinski definition) is 1. The zero-order valence-corrected chi connectivity index (χ0v) is 17.2. The van der Waals surface area contributed by atoms with Gasteiger partial charge in [-0.3, -0.25) is 4.99 Å². The van der Waals surface area contributed by atoms with Crippen molar-refractivity contribution in [3.05, 3.63) is 23.0 Å². The Hall–Kier alpha value is -0.470. The van der Waals surface area contributed by atoms with Crippen LogP contribution in [-0.2, 0) is 18.3 Å². The molecule has 7 heteroatoms. The molecule has 0 spiro atoms. The number of halogens is 2. The lowest BCUT2D eigenvalue weighted by atomic mass is 10.4. The van der Waals surface area contributed by atoms with Crippen LogP contribution in [0.3, 0.4) is 0 Å². The van der Waals surface area contributed by atoms with Crippen molar-refractivity contribution in [2.24, 2.45) is 12.0 Å². The van der Waals surface area contributed by atoms with Crippen LogP contribution in [0.25, 0.3) is 0 Å². The van der Waals surface area contributed by atoms with Crippen LogP contribution in [0.5, 0.6) is 0 Å². The van der Waals surface area contributed by atoms with Crippen molar-refractivity contribution >= 4 is 41.5 Å². The Bertz CT molecular complexity index is 462. The van der Waals surface area contributed by atoms with E-state index in [1.807, 2.05) is 44.8 Å². The first-order chi connectivity index (χ1) is 9.93. The van der Waals surface area contributed by atoms with Crippen molar-refractivity contribution in [3.8, 4) is 0 Å². The molecule has 0 saturated carbocycles. The topological polar surface area (TPSA) is 41.8 Å². The third kappa shape index (κ3) is 7.69. The third-order valence-corrected chi connectivity index (χ3v) is 3.31. The number of nitrogens with one attached hydrogen (secondary N) is 1. The zero-order valence-electron chi connectivity index (χ0n) is 14.1. The maximum atomic E-state index is 6.01. The number of aromatic nitrogens is 1. The highest BCUT2D eigenvalue weighted by Gasteiger charge is 2.09. The van der Waals surface area contributed by atoms with E-state index in [1.165, 1.54) is 0 Å². The van der Waals surface area contributed by atoms with E-state index in [2.05, 4.69) is 15.2 Å². The molecular formula is C15H28ClIN4O. The molecule has 1 aromatic heterocycles. The second kappa shape index (κ2) is 11.1. The van der Waals surface area contributed by atoms with Crippen LogP contribution in [0.15, 0.2) is 17.3 Å². The van der Waals surface area contributed by atoms with E-state index in [0.29, 0.717) is 0 Å². The average Bonchev–Trinajstić information content (AvgIpc) is 2.71. The van der Waals surface area contributed by atoms with Crippen LogP contribution in [0.1, 0.15) is 26.0 Å². The Morgan fingerprint density at radius 2 is 2.18 bits per heavy atom. The molecule has 1 rings (SSSR count). The van der Waals surface area contributed by atoms with E-state index in [9.17, 15) is 0 Å². The third-order valence-electron chi connectivity index (χ3n) is 3.10. The van der Waals surface area contributed by atoms with Gasteiger partial charge in [0.25, 0.3) is 0 Å². The van der Waals surface area contributed by atoms with Gasteiger partial charge in [-0.2, -0.15) is 0 Å². The minimum atomic E-state index is 0. The molecule has 1 N–H and O–H groups in total. The van der Waals surface area contributed by atoms with Gasteiger partial charge in [-0.1, -0.05) is 11.6 Å². The van der Waals surface area contributed by atoms with Crippen molar-refractivity contribution < 1.29 is 4.74 Å². The van der Waals surface area contributed by atoms with Crippen LogP contribution < -0.4 is 5.32 Å². The Morgan fingerprint density at radius 1 is 1.50 bits per heavy atom. The van der Waals surface area contributed by atoms with Crippen LogP contribution in [-0.4, -0.2) is 48.8 Å². The van der Waals surface area contributed by atoms with E-state index in [0.717, 1.165) is 42.8 Å². The maximum absolute atomic E-state index is 6.01. The monoisotopic (exact) mass is 442 g/mol. The Kier molecular flexibility index (Phi) is 10.9. The quantitative estimate of drug-likeness (QED) is 0.305. The summed E-state index contributed by atoms with van der Waals surface area (Å²) in [4.78, 5) is 6.38. The lowest BCUT2D eigenvalue weighted by molar-refractivity contribution is 0.0776. The molecular weight excluding hydrogens is 415 g/mol. The molecule has 0 radical (unpaired) electrons. The van der Waals surface area contributed by atoms with Gasteiger partial charge in [0.1, 0.15) is 0 Å². The highest BCUT2D eigenvalue weighted by molar-refractivity contribution is 14.0. The first-order valence-electron chi connectivity index (χ1n) is 7.28. The second-order valence-corrected chi connectivity index (χ2v) is 5.80. The molecule has 0 aliphatic carbocycles. The summed E-state index contributed by atoms with van der Waals surface area (Å²) < 4.78 is 7.55. The van der Waals surface area contributed by atoms with Gasteiger partial charge in [0.15, 0.2) is 5.96 Å². The fourth-order valence-corrected chi connectivity index (χ4v) is 2.29. The normalized spacial score (nSPS) is 11.5. The maximum Gasteiger partial charge on any atom is 0.193 e. The SMILES string of the molecule is CN=C(NCCCOC(C)C)N(C)Cc1cc(Cl)cn1C.I. The van der Waals surface area contributed by atoms with E-state index in [1.54, 1.807) is 7.05 Å². The van der Waals surface area contributed by atoms with E-state index in [4.69, 9.17) is 16.3 Å². The van der Waals surface area contributed by atoms with Gasteiger partial charge in [-0.25, -0.2) is 0 Å². The molecule has 0 atom stereocenters. The molecule has 5 nitrogen and oxygen atoms in total. The van der Waals surface area contributed by atoms with Crippen molar-refractivity contribution in [1.82, 2.24) is 14.8 Å². The molecule has 0 aliphatic heterocycles. The Labute approximate surface area is 156 Å². The summed E-state index contributed by atoms with van der Waals surface area (Å²) in [6.45, 7) is 6.46. The molecule has 0 aliphatic rings. The molecule has 1 heterocycles. The number of guanidine groups is 1. The molecule has 1 aromatic rings. The summed E-state index contributed by atoms with van der Waals surface area (Å²) in [6.07, 6.45) is 3.15. The van der Waals surface area contributed by atoms with Gasteiger partial charge < -0.3 is 19.5 Å². The summed E-state index contributed by atoms with van der Waals surface area (Å²) in [6, 6.07) is 1.97. The predicted octanol–water partition coefficient (Wildman–Crippen LogP) is 3.12. The fourth-order valence-electron chi connectivity index (χ4n) is 2.02. The standard InChI is InChI=1S/C15H27ClN4O.HI/c1-12(2)21-8-6-7-18-15(17-3)20(5)11-14-9-13(16)10-19(14)4;/h9-10,12H,6-8,11H2,1-5H3,(H,17,18);1H. The lowest BCUT2D eigenvalue weighted by Crippen LogP contribution is -2.39. The summed E-state index contributed by atoms with van der Waals surface area (Å²) in [7, 11) is 5.80. The number of rotatable bonds is 7. The molecule has 0 bridgehead atoms. The van der Waals surface area contributed by atoms with Crippen LogP contribution in [0, 0.1) is 0 Å². The highest BCUT2D eigenvalue weighted by Crippen LogP contribution is 2.14. The number of aryl methyl sites for hydroxylation is 1. The van der Waals surface area contributed by atoms with Gasteiger partial charge in [0, 0.05) is 46.2 Å². The predicted molar refractivity (Wildman–Crippen MR) is 104 cm³/mol. The van der Waals surface area contributed by atoms with Gasteiger partial charge in [0.2, 0.25) is 0 Å². The highest BCUT2D eigenvalue weighted by atomic mass is 127. The minimum Gasteiger partial charge on any atom is -0.379 e. The van der Waals surface area contributed by atoms with Gasteiger partial charge >= 0.3 is 0 Å². The number of aliphatic imine (C=N–C) groups is 1. The second-order valence-electron chi connectivity index (χ2n) is 5.36. The Morgan fingerprint density at radius 3 is 2.68 bits per heavy atom. The van der Waals surface area contributed by atoms with Crippen molar-refractivity contribution in [1.29, 1.82) is 0 Å². The van der Waals surface area contributed by atoms with Gasteiger partial charge in [-0.05, 0) is 26.3 Å². The smallest absolute Gasteiger partial charge is 0.193 e. The van der Waals surface area contributed by atoms with E-state index >= 15 is 0 Å². The van der Waals surface area contributed by atoms with Crippen molar-refractivity contribution in [2.45, 2.75) is 32.9 Å². The molecule has 0 saturated heterocycles. The molecule has 0 amide bonds. The molecule has 128 valence electrons. The lowest BCUT2D eigenvalue weighted by Gasteiger charge is -2.22. The average molecular weight is 443 g/mol. The summed E-state index contributed by atoms with van der Waals surface area (Å²) in [5.74, 6) is 0.872. The van der Waals surface area contributed by atoms with Crippen molar-refractivity contribution in [3.63, 3.8) is 0 Å². The fraction of sp³-hybridized carbons (Fsp3) is 0.667. The zero-order chi connectivity index (χ0) is 15.8. The molecule has 0 fully saturated rings.